The van der Waals surface area contributed by atoms with Crippen molar-refractivity contribution in [2.75, 3.05) is 45.9 Å². The lowest BCUT2D eigenvalue weighted by Crippen LogP contribution is -2.49. The molecule has 3 fully saturated rings. The molecule has 6 heteroatoms. The lowest BCUT2D eigenvalue weighted by molar-refractivity contribution is 0.0630. The Bertz CT molecular complexity index is 567. The summed E-state index contributed by atoms with van der Waals surface area (Å²) in [6.07, 6.45) is 5.63. The number of piperazine rings is 1. The normalized spacial score (nSPS) is 26.0. The zero-order valence-corrected chi connectivity index (χ0v) is 13.9. The molecule has 2 saturated heterocycles. The number of rotatable bonds is 4. The van der Waals surface area contributed by atoms with E-state index in [4.69, 9.17) is 4.74 Å². The van der Waals surface area contributed by atoms with Gasteiger partial charge in [0.2, 0.25) is 0 Å². The molecule has 0 N–H and O–H groups in total. The first-order valence-corrected chi connectivity index (χ1v) is 8.83. The molecule has 126 valence electrons. The van der Waals surface area contributed by atoms with Crippen molar-refractivity contribution in [2.24, 2.45) is 13.0 Å². The number of ether oxygens (including phenoxy) is 1. The standard InChI is InChI=1S/C17H26N4O2/c1-19-11-15(16(18-19)14-4-9-23-12-14)17(22)21-7-5-20(6-8-21)10-13-2-3-13/h11,13-14H,2-10,12H2,1H3/t14-/m1/s1. The Morgan fingerprint density at radius 3 is 2.70 bits per heavy atom. The molecule has 1 amide bonds. The molecule has 2 aliphatic heterocycles. The summed E-state index contributed by atoms with van der Waals surface area (Å²) in [6.45, 7) is 6.36. The number of hydrogen-bond acceptors (Lipinski definition) is 4. The van der Waals surface area contributed by atoms with Crippen LogP contribution in [0.1, 0.15) is 41.2 Å². The van der Waals surface area contributed by atoms with Crippen molar-refractivity contribution < 1.29 is 9.53 Å². The summed E-state index contributed by atoms with van der Waals surface area (Å²) < 4.78 is 7.25. The zero-order chi connectivity index (χ0) is 15.8. The van der Waals surface area contributed by atoms with Gasteiger partial charge in [-0.2, -0.15) is 5.10 Å². The number of hydrogen-bond donors (Lipinski definition) is 0. The van der Waals surface area contributed by atoms with Gasteiger partial charge in [-0.05, 0) is 25.2 Å². The molecule has 0 unspecified atom stereocenters. The second-order valence-corrected chi connectivity index (χ2v) is 7.20. The Kier molecular flexibility index (Phi) is 4.11. The average Bonchev–Trinajstić information content (AvgIpc) is 3.06. The van der Waals surface area contributed by atoms with Crippen molar-refractivity contribution in [3.63, 3.8) is 0 Å². The van der Waals surface area contributed by atoms with Gasteiger partial charge in [-0.3, -0.25) is 14.4 Å². The molecule has 4 rings (SSSR count). The van der Waals surface area contributed by atoms with Gasteiger partial charge in [0.05, 0.1) is 17.9 Å². The highest BCUT2D eigenvalue weighted by atomic mass is 16.5. The second kappa shape index (κ2) is 6.24. The van der Waals surface area contributed by atoms with E-state index in [1.54, 1.807) is 4.68 Å². The van der Waals surface area contributed by atoms with E-state index in [0.717, 1.165) is 56.4 Å². The first kappa shape index (κ1) is 15.1. The first-order chi connectivity index (χ1) is 11.2. The summed E-state index contributed by atoms with van der Waals surface area (Å²) in [7, 11) is 1.89. The van der Waals surface area contributed by atoms with E-state index in [0.29, 0.717) is 6.61 Å². The smallest absolute Gasteiger partial charge is 0.257 e. The summed E-state index contributed by atoms with van der Waals surface area (Å²) in [5.74, 6) is 1.34. The second-order valence-electron chi connectivity index (χ2n) is 7.20. The van der Waals surface area contributed by atoms with Gasteiger partial charge in [0.15, 0.2) is 0 Å². The van der Waals surface area contributed by atoms with Crippen molar-refractivity contribution in [2.45, 2.75) is 25.2 Å². The molecule has 23 heavy (non-hydrogen) atoms. The minimum absolute atomic E-state index is 0.145. The number of carbonyl (C=O) groups excluding carboxylic acids is 1. The van der Waals surface area contributed by atoms with Crippen molar-refractivity contribution in [3.05, 3.63) is 17.5 Å². The fourth-order valence-corrected chi connectivity index (χ4v) is 3.69. The van der Waals surface area contributed by atoms with Crippen LogP contribution in [0.15, 0.2) is 6.20 Å². The molecule has 1 aliphatic carbocycles. The fraction of sp³-hybridized carbons (Fsp3) is 0.765. The van der Waals surface area contributed by atoms with Crippen LogP contribution in [-0.2, 0) is 11.8 Å². The Balaban J connectivity index is 1.42. The maximum Gasteiger partial charge on any atom is 0.257 e. The summed E-state index contributed by atoms with van der Waals surface area (Å²) >= 11 is 0. The van der Waals surface area contributed by atoms with Crippen LogP contribution in [0.2, 0.25) is 0 Å². The molecule has 1 aromatic rings. The van der Waals surface area contributed by atoms with Gasteiger partial charge in [0, 0.05) is 58.5 Å². The highest BCUT2D eigenvalue weighted by Crippen LogP contribution is 2.30. The topological polar surface area (TPSA) is 50.6 Å². The summed E-state index contributed by atoms with van der Waals surface area (Å²) in [4.78, 5) is 17.5. The van der Waals surface area contributed by atoms with Crippen molar-refractivity contribution in [1.29, 1.82) is 0 Å². The third-order valence-electron chi connectivity index (χ3n) is 5.28. The van der Waals surface area contributed by atoms with Gasteiger partial charge in [-0.1, -0.05) is 0 Å². The molecule has 0 spiro atoms. The molecule has 3 aliphatic rings. The van der Waals surface area contributed by atoms with Crippen LogP contribution in [0.25, 0.3) is 0 Å². The van der Waals surface area contributed by atoms with E-state index in [1.807, 2.05) is 18.1 Å². The molecule has 3 heterocycles. The third-order valence-corrected chi connectivity index (χ3v) is 5.28. The van der Waals surface area contributed by atoms with Crippen LogP contribution in [0.5, 0.6) is 0 Å². The van der Waals surface area contributed by atoms with E-state index in [9.17, 15) is 4.79 Å². The van der Waals surface area contributed by atoms with E-state index in [1.165, 1.54) is 19.4 Å². The molecule has 1 aromatic heterocycles. The predicted molar refractivity (Wildman–Crippen MR) is 86.5 cm³/mol. The molecular weight excluding hydrogens is 292 g/mol. The number of carbonyl (C=O) groups is 1. The van der Waals surface area contributed by atoms with Crippen LogP contribution in [0, 0.1) is 5.92 Å². The van der Waals surface area contributed by atoms with Gasteiger partial charge in [0.25, 0.3) is 5.91 Å². The maximum absolute atomic E-state index is 12.9. The highest BCUT2D eigenvalue weighted by molar-refractivity contribution is 5.95. The molecule has 0 bridgehead atoms. The van der Waals surface area contributed by atoms with Gasteiger partial charge in [-0.25, -0.2) is 0 Å². The number of aryl methyl sites for hydroxylation is 1. The zero-order valence-electron chi connectivity index (χ0n) is 13.9. The lowest BCUT2D eigenvalue weighted by atomic mass is 10.0. The van der Waals surface area contributed by atoms with Crippen LogP contribution in [0.4, 0.5) is 0 Å². The molecule has 0 radical (unpaired) electrons. The predicted octanol–water partition coefficient (Wildman–Crippen LogP) is 1.09. The molecule has 0 aromatic carbocycles. The molecule has 1 atom stereocenters. The van der Waals surface area contributed by atoms with Gasteiger partial charge in [-0.15, -0.1) is 0 Å². The SMILES string of the molecule is Cn1cc(C(=O)N2CCN(CC3CC3)CC2)c([C@@H]2CCOC2)n1. The van der Waals surface area contributed by atoms with Crippen LogP contribution >= 0.6 is 0 Å². The Hall–Kier alpha value is -1.40. The van der Waals surface area contributed by atoms with Crippen LogP contribution < -0.4 is 0 Å². The van der Waals surface area contributed by atoms with E-state index in [2.05, 4.69) is 10.00 Å². The number of nitrogens with zero attached hydrogens (tertiary/aromatic N) is 4. The maximum atomic E-state index is 12.9. The quantitative estimate of drug-likeness (QED) is 0.834. The summed E-state index contributed by atoms with van der Waals surface area (Å²) in [5, 5.41) is 4.55. The monoisotopic (exact) mass is 318 g/mol. The average molecular weight is 318 g/mol. The van der Waals surface area contributed by atoms with Crippen LogP contribution in [-0.4, -0.2) is 71.4 Å². The largest absolute Gasteiger partial charge is 0.381 e. The fourth-order valence-electron chi connectivity index (χ4n) is 3.69. The minimum Gasteiger partial charge on any atom is -0.381 e. The van der Waals surface area contributed by atoms with E-state index >= 15 is 0 Å². The van der Waals surface area contributed by atoms with Crippen molar-refractivity contribution in [1.82, 2.24) is 19.6 Å². The Morgan fingerprint density at radius 1 is 1.26 bits per heavy atom. The van der Waals surface area contributed by atoms with Crippen LogP contribution in [0.3, 0.4) is 0 Å². The molecule has 6 nitrogen and oxygen atoms in total. The number of amides is 1. The first-order valence-electron chi connectivity index (χ1n) is 8.83. The van der Waals surface area contributed by atoms with Gasteiger partial charge in [0.1, 0.15) is 0 Å². The minimum atomic E-state index is 0.145. The highest BCUT2D eigenvalue weighted by Gasteiger charge is 2.31. The van der Waals surface area contributed by atoms with E-state index < -0.39 is 0 Å². The summed E-state index contributed by atoms with van der Waals surface area (Å²) in [5.41, 5.74) is 1.70. The van der Waals surface area contributed by atoms with Crippen molar-refractivity contribution >= 4 is 5.91 Å². The molecule has 1 saturated carbocycles. The third kappa shape index (κ3) is 3.28. The van der Waals surface area contributed by atoms with Gasteiger partial charge >= 0.3 is 0 Å². The summed E-state index contributed by atoms with van der Waals surface area (Å²) in [6, 6.07) is 0. The Labute approximate surface area is 137 Å². The number of aromatic nitrogens is 2. The van der Waals surface area contributed by atoms with E-state index in [-0.39, 0.29) is 11.8 Å². The van der Waals surface area contributed by atoms with Crippen molar-refractivity contribution in [3.8, 4) is 0 Å². The lowest BCUT2D eigenvalue weighted by Gasteiger charge is -2.34. The Morgan fingerprint density at radius 2 is 2.04 bits per heavy atom. The molecular formula is C17H26N4O2. The van der Waals surface area contributed by atoms with Gasteiger partial charge < -0.3 is 9.64 Å².